The highest BCUT2D eigenvalue weighted by Gasteiger charge is 2.45. The summed E-state index contributed by atoms with van der Waals surface area (Å²) in [6.07, 6.45) is 0.509. The van der Waals surface area contributed by atoms with Crippen LogP contribution < -0.4 is 4.74 Å². The maximum Gasteiger partial charge on any atom is 0.410 e. The fraction of sp³-hybridized carbons (Fsp3) is 0.333. The Morgan fingerprint density at radius 1 is 0.946 bits per heavy atom. The molecule has 2 fully saturated rings. The van der Waals surface area contributed by atoms with E-state index in [9.17, 15) is 14.0 Å². The Balaban J connectivity index is 1.16. The first-order valence-corrected chi connectivity index (χ1v) is 12.6. The summed E-state index contributed by atoms with van der Waals surface area (Å²) in [4.78, 5) is 28.4. The third kappa shape index (κ3) is 4.27. The van der Waals surface area contributed by atoms with E-state index in [-0.39, 0.29) is 48.0 Å². The van der Waals surface area contributed by atoms with Crippen molar-refractivity contribution in [1.29, 1.82) is 0 Å². The predicted molar refractivity (Wildman–Crippen MR) is 135 cm³/mol. The van der Waals surface area contributed by atoms with Crippen LogP contribution in [0.4, 0.5) is 9.18 Å². The SMILES string of the molecule is COc1cc(F)cc(C(=O)C2CC3COCC(C2)N3C(=O)OCC2c3ccccc3-c3ccccc32)c1. The van der Waals surface area contributed by atoms with Crippen LogP contribution in [0, 0.1) is 11.7 Å². The lowest BCUT2D eigenvalue weighted by molar-refractivity contribution is -0.0747. The van der Waals surface area contributed by atoms with Gasteiger partial charge in [0.2, 0.25) is 0 Å². The fourth-order valence-corrected chi connectivity index (χ4v) is 6.15. The number of ketones is 1. The third-order valence-electron chi connectivity index (χ3n) is 7.83. The topological polar surface area (TPSA) is 65.1 Å². The van der Waals surface area contributed by atoms with Gasteiger partial charge in [-0.1, -0.05) is 48.5 Å². The van der Waals surface area contributed by atoms with Crippen molar-refractivity contribution in [1.82, 2.24) is 4.90 Å². The number of benzene rings is 3. The van der Waals surface area contributed by atoms with Gasteiger partial charge in [-0.15, -0.1) is 0 Å². The molecule has 0 radical (unpaired) electrons. The van der Waals surface area contributed by atoms with Crippen molar-refractivity contribution in [2.24, 2.45) is 5.92 Å². The molecule has 0 N–H and O–H groups in total. The van der Waals surface area contributed by atoms with Crippen LogP contribution in [0.2, 0.25) is 0 Å². The van der Waals surface area contributed by atoms with Crippen LogP contribution in [0.25, 0.3) is 11.1 Å². The number of halogens is 1. The Hall–Kier alpha value is -3.71. The Labute approximate surface area is 214 Å². The summed E-state index contributed by atoms with van der Waals surface area (Å²) >= 11 is 0. The van der Waals surface area contributed by atoms with Crippen molar-refractivity contribution in [3.8, 4) is 16.9 Å². The van der Waals surface area contributed by atoms with Gasteiger partial charge >= 0.3 is 6.09 Å². The van der Waals surface area contributed by atoms with Gasteiger partial charge in [0, 0.05) is 23.5 Å². The van der Waals surface area contributed by atoms with Gasteiger partial charge in [0.1, 0.15) is 18.2 Å². The van der Waals surface area contributed by atoms with E-state index in [1.54, 1.807) is 11.0 Å². The van der Waals surface area contributed by atoms with Crippen molar-refractivity contribution in [3.05, 3.63) is 89.2 Å². The lowest BCUT2D eigenvalue weighted by Crippen LogP contribution is -2.60. The molecule has 6 rings (SSSR count). The molecule has 2 heterocycles. The van der Waals surface area contributed by atoms with Gasteiger partial charge in [-0.2, -0.15) is 0 Å². The van der Waals surface area contributed by atoms with Crippen LogP contribution in [-0.2, 0) is 9.47 Å². The second-order valence-electron chi connectivity index (χ2n) is 9.97. The molecule has 2 saturated heterocycles. The zero-order valence-corrected chi connectivity index (χ0v) is 20.6. The number of hydrogen-bond donors (Lipinski definition) is 0. The number of hydrogen-bond acceptors (Lipinski definition) is 5. The van der Waals surface area contributed by atoms with Gasteiger partial charge in [0.15, 0.2) is 5.78 Å². The van der Waals surface area contributed by atoms with Gasteiger partial charge in [0.25, 0.3) is 0 Å². The van der Waals surface area contributed by atoms with Crippen molar-refractivity contribution in [3.63, 3.8) is 0 Å². The fourth-order valence-electron chi connectivity index (χ4n) is 6.15. The lowest BCUT2D eigenvalue weighted by Gasteiger charge is -2.47. The van der Waals surface area contributed by atoms with E-state index in [0.29, 0.717) is 31.8 Å². The minimum Gasteiger partial charge on any atom is -0.497 e. The van der Waals surface area contributed by atoms with Gasteiger partial charge in [-0.3, -0.25) is 9.69 Å². The average molecular weight is 502 g/mol. The van der Waals surface area contributed by atoms with Crippen molar-refractivity contribution < 1.29 is 28.2 Å². The standard InChI is InChI=1S/C30H28FNO5/c1-35-23-13-18(10-20(31)14-23)29(33)19-11-21-15-36-16-22(12-19)32(21)30(34)37-17-28-26-8-4-2-6-24(26)25-7-3-5-9-27(25)28/h2-10,13-14,19,21-22,28H,11-12,15-17H2,1H3. The maximum atomic E-state index is 14.0. The molecule has 3 aliphatic rings. The molecule has 1 aliphatic carbocycles. The number of nitrogens with zero attached hydrogens (tertiary/aromatic N) is 1. The summed E-state index contributed by atoms with van der Waals surface area (Å²) in [7, 11) is 1.44. The first-order chi connectivity index (χ1) is 18.0. The number of morpholine rings is 1. The molecule has 2 aliphatic heterocycles. The lowest BCUT2D eigenvalue weighted by atomic mass is 9.81. The van der Waals surface area contributed by atoms with Crippen molar-refractivity contribution in [2.45, 2.75) is 30.8 Å². The van der Waals surface area contributed by atoms with E-state index in [1.165, 1.54) is 30.4 Å². The first kappa shape index (κ1) is 23.7. The molecular weight excluding hydrogens is 473 g/mol. The van der Waals surface area contributed by atoms with Crippen LogP contribution in [0.5, 0.6) is 5.75 Å². The molecule has 3 aromatic rings. The first-order valence-electron chi connectivity index (χ1n) is 12.6. The number of fused-ring (bicyclic) bond motifs is 5. The molecule has 190 valence electrons. The zero-order chi connectivity index (χ0) is 25.5. The summed E-state index contributed by atoms with van der Waals surface area (Å²) < 4.78 is 30.8. The molecule has 0 spiro atoms. The van der Waals surface area contributed by atoms with E-state index in [1.807, 2.05) is 24.3 Å². The summed E-state index contributed by atoms with van der Waals surface area (Å²) in [5.41, 5.74) is 4.97. The highest BCUT2D eigenvalue weighted by molar-refractivity contribution is 5.98. The summed E-state index contributed by atoms with van der Waals surface area (Å²) in [6.45, 7) is 0.934. The molecular formula is C30H28FNO5. The maximum absolute atomic E-state index is 14.0. The summed E-state index contributed by atoms with van der Waals surface area (Å²) in [5.74, 6) is -0.690. The van der Waals surface area contributed by atoms with Crippen LogP contribution in [0.1, 0.15) is 40.2 Å². The quantitative estimate of drug-likeness (QED) is 0.436. The molecule has 3 aromatic carbocycles. The van der Waals surface area contributed by atoms with E-state index >= 15 is 0 Å². The molecule has 0 saturated carbocycles. The number of ether oxygens (including phenoxy) is 3. The molecule has 0 aromatic heterocycles. The van der Waals surface area contributed by atoms with Crippen molar-refractivity contribution >= 4 is 11.9 Å². The molecule has 2 bridgehead atoms. The van der Waals surface area contributed by atoms with Gasteiger partial charge in [-0.25, -0.2) is 9.18 Å². The van der Waals surface area contributed by atoms with Crippen LogP contribution in [-0.4, -0.2) is 55.8 Å². The number of amides is 1. The molecule has 37 heavy (non-hydrogen) atoms. The minimum absolute atomic E-state index is 0.0190. The van der Waals surface area contributed by atoms with Gasteiger partial charge < -0.3 is 14.2 Å². The third-order valence-corrected chi connectivity index (χ3v) is 7.83. The largest absolute Gasteiger partial charge is 0.497 e. The summed E-state index contributed by atoms with van der Waals surface area (Å²) in [6, 6.07) is 20.0. The monoisotopic (exact) mass is 501 g/mol. The number of carbonyl (C=O) groups excluding carboxylic acids is 2. The van der Waals surface area contributed by atoms with Gasteiger partial charge in [-0.05, 0) is 47.2 Å². The van der Waals surface area contributed by atoms with Gasteiger partial charge in [0.05, 0.1) is 32.4 Å². The van der Waals surface area contributed by atoms with Crippen LogP contribution in [0.15, 0.2) is 66.7 Å². The second-order valence-corrected chi connectivity index (χ2v) is 9.97. The molecule has 7 heteroatoms. The zero-order valence-electron chi connectivity index (χ0n) is 20.6. The molecule has 2 unspecified atom stereocenters. The molecule has 1 amide bonds. The van der Waals surface area contributed by atoms with Crippen LogP contribution in [0.3, 0.4) is 0 Å². The Morgan fingerprint density at radius 3 is 2.19 bits per heavy atom. The number of carbonyl (C=O) groups is 2. The van der Waals surface area contributed by atoms with E-state index in [0.717, 1.165) is 11.1 Å². The molecule has 6 nitrogen and oxygen atoms in total. The molecule has 2 atom stereocenters. The number of methoxy groups -OCH3 is 1. The highest BCUT2D eigenvalue weighted by Crippen LogP contribution is 2.45. The summed E-state index contributed by atoms with van der Waals surface area (Å²) in [5, 5.41) is 0. The Kier molecular flexibility index (Phi) is 6.16. The van der Waals surface area contributed by atoms with Crippen molar-refractivity contribution in [2.75, 3.05) is 26.9 Å². The van der Waals surface area contributed by atoms with E-state index in [2.05, 4.69) is 24.3 Å². The van der Waals surface area contributed by atoms with Crippen LogP contribution >= 0.6 is 0 Å². The highest BCUT2D eigenvalue weighted by atomic mass is 19.1. The number of rotatable bonds is 5. The van der Waals surface area contributed by atoms with E-state index < -0.39 is 5.82 Å². The Morgan fingerprint density at radius 2 is 1.57 bits per heavy atom. The number of piperidine rings is 1. The second kappa shape index (κ2) is 9.63. The number of Topliss-reactive ketones (excluding diaryl/α,β-unsaturated/α-hetero) is 1. The average Bonchev–Trinajstić information content (AvgIpc) is 3.23. The predicted octanol–water partition coefficient (Wildman–Crippen LogP) is 5.45. The minimum atomic E-state index is -0.512. The smallest absolute Gasteiger partial charge is 0.410 e. The van der Waals surface area contributed by atoms with E-state index in [4.69, 9.17) is 14.2 Å². The normalized spacial score (nSPS) is 22.2. The Bertz CT molecular complexity index is 1300.